The Balaban J connectivity index is 1.90. The van der Waals surface area contributed by atoms with Crippen molar-refractivity contribution in [3.63, 3.8) is 0 Å². The number of nitrogens with zero attached hydrogens (tertiary/aromatic N) is 2. The lowest BCUT2D eigenvalue weighted by molar-refractivity contribution is -0.132. The molecule has 0 bridgehead atoms. The van der Waals surface area contributed by atoms with Crippen LogP contribution in [0.5, 0.6) is 0 Å². The summed E-state index contributed by atoms with van der Waals surface area (Å²) < 4.78 is 0. The number of hydrogen-bond donors (Lipinski definition) is 1. The van der Waals surface area contributed by atoms with Crippen molar-refractivity contribution in [3.8, 4) is 0 Å². The molecular weight excluding hydrogens is 270 g/mol. The van der Waals surface area contributed by atoms with Crippen molar-refractivity contribution in [2.45, 2.75) is 19.0 Å². The molecular formula is C15H23N3OS. The van der Waals surface area contributed by atoms with E-state index < -0.39 is 0 Å². The topological polar surface area (TPSA) is 35.6 Å². The molecule has 1 aromatic heterocycles. The van der Waals surface area contributed by atoms with E-state index in [2.05, 4.69) is 22.9 Å². The highest BCUT2D eigenvalue weighted by molar-refractivity contribution is 7.09. The first-order valence-corrected chi connectivity index (χ1v) is 7.90. The second-order valence-electron chi connectivity index (χ2n) is 5.20. The lowest BCUT2D eigenvalue weighted by atomic mass is 10.2. The van der Waals surface area contributed by atoms with Crippen LogP contribution in [0, 0.1) is 0 Å². The van der Waals surface area contributed by atoms with Gasteiger partial charge in [-0.25, -0.2) is 0 Å². The maximum Gasteiger partial charge on any atom is 0.237 e. The molecule has 1 amide bonds. The molecule has 1 unspecified atom stereocenters. The van der Waals surface area contributed by atoms with Crippen LogP contribution >= 0.6 is 11.3 Å². The molecule has 0 spiro atoms. The Morgan fingerprint density at radius 2 is 2.50 bits per heavy atom. The number of carbonyl (C=O) groups excluding carboxylic acids is 1. The summed E-state index contributed by atoms with van der Waals surface area (Å²) in [6, 6.07) is 4.57. The molecule has 0 aromatic carbocycles. The van der Waals surface area contributed by atoms with E-state index in [9.17, 15) is 4.79 Å². The summed E-state index contributed by atoms with van der Waals surface area (Å²) >= 11 is 1.69. The fraction of sp³-hybridized carbons (Fsp3) is 0.533. The van der Waals surface area contributed by atoms with Gasteiger partial charge >= 0.3 is 0 Å². The number of nitrogens with one attached hydrogen (secondary N) is 1. The highest BCUT2D eigenvalue weighted by Crippen LogP contribution is 2.13. The Hall–Kier alpha value is -1.17. The van der Waals surface area contributed by atoms with Crippen LogP contribution < -0.4 is 5.32 Å². The summed E-state index contributed by atoms with van der Waals surface area (Å²) in [7, 11) is 2.03. The van der Waals surface area contributed by atoms with Crippen LogP contribution in [-0.4, -0.2) is 55.0 Å². The van der Waals surface area contributed by atoms with Crippen molar-refractivity contribution in [2.75, 3.05) is 33.2 Å². The fourth-order valence-corrected chi connectivity index (χ4v) is 3.18. The van der Waals surface area contributed by atoms with Gasteiger partial charge < -0.3 is 10.2 Å². The van der Waals surface area contributed by atoms with E-state index in [0.717, 1.165) is 19.5 Å². The van der Waals surface area contributed by atoms with Crippen molar-refractivity contribution < 1.29 is 4.79 Å². The number of carbonyl (C=O) groups is 1. The standard InChI is InChI=1S/C15H23N3OS/c1-3-8-18(11-14-5-4-9-20-14)15(19)12-17(2)13-6-7-16-10-13/h3-5,9,13,16H,1,6-8,10-12H2,2H3. The van der Waals surface area contributed by atoms with Crippen molar-refractivity contribution in [1.29, 1.82) is 0 Å². The molecule has 5 heteroatoms. The van der Waals surface area contributed by atoms with Gasteiger partial charge in [-0.05, 0) is 31.5 Å². The zero-order chi connectivity index (χ0) is 14.4. The average molecular weight is 293 g/mol. The smallest absolute Gasteiger partial charge is 0.237 e. The van der Waals surface area contributed by atoms with Gasteiger partial charge in [-0.15, -0.1) is 17.9 Å². The second kappa shape index (κ2) is 7.57. The van der Waals surface area contributed by atoms with Crippen LogP contribution in [0.4, 0.5) is 0 Å². The van der Waals surface area contributed by atoms with E-state index in [4.69, 9.17) is 0 Å². The zero-order valence-electron chi connectivity index (χ0n) is 12.0. The molecule has 0 saturated carbocycles. The van der Waals surface area contributed by atoms with Crippen molar-refractivity contribution >= 4 is 17.2 Å². The summed E-state index contributed by atoms with van der Waals surface area (Å²) in [6.07, 6.45) is 2.92. The van der Waals surface area contributed by atoms with Crippen molar-refractivity contribution in [3.05, 3.63) is 35.0 Å². The van der Waals surface area contributed by atoms with Crippen LogP contribution in [0.15, 0.2) is 30.2 Å². The minimum Gasteiger partial charge on any atom is -0.333 e. The molecule has 110 valence electrons. The number of rotatable bonds is 7. The monoisotopic (exact) mass is 293 g/mol. The number of amides is 1. The third-order valence-electron chi connectivity index (χ3n) is 3.67. The Morgan fingerprint density at radius 3 is 3.10 bits per heavy atom. The summed E-state index contributed by atoms with van der Waals surface area (Å²) in [5.74, 6) is 0.174. The lowest BCUT2D eigenvalue weighted by Crippen LogP contribution is -2.43. The average Bonchev–Trinajstić information content (AvgIpc) is 3.11. The molecule has 20 heavy (non-hydrogen) atoms. The van der Waals surface area contributed by atoms with Gasteiger partial charge in [0.2, 0.25) is 5.91 Å². The Kier molecular flexibility index (Phi) is 5.76. The van der Waals surface area contributed by atoms with Gasteiger partial charge in [-0.2, -0.15) is 0 Å². The predicted molar refractivity (Wildman–Crippen MR) is 83.8 cm³/mol. The van der Waals surface area contributed by atoms with Gasteiger partial charge in [0.1, 0.15) is 0 Å². The van der Waals surface area contributed by atoms with E-state index in [1.165, 1.54) is 4.88 Å². The minimum absolute atomic E-state index is 0.174. The third-order valence-corrected chi connectivity index (χ3v) is 4.53. The number of hydrogen-bond acceptors (Lipinski definition) is 4. The summed E-state index contributed by atoms with van der Waals surface area (Å²) in [5, 5.41) is 5.38. The molecule has 0 radical (unpaired) electrons. The molecule has 1 aromatic rings. The molecule has 1 aliphatic heterocycles. The first-order chi connectivity index (χ1) is 9.70. The quantitative estimate of drug-likeness (QED) is 0.775. The maximum atomic E-state index is 12.4. The van der Waals surface area contributed by atoms with Crippen LogP contribution in [0.2, 0.25) is 0 Å². The van der Waals surface area contributed by atoms with Crippen molar-refractivity contribution in [1.82, 2.24) is 15.1 Å². The zero-order valence-corrected chi connectivity index (χ0v) is 12.9. The maximum absolute atomic E-state index is 12.4. The molecule has 4 nitrogen and oxygen atoms in total. The molecule has 2 rings (SSSR count). The van der Waals surface area contributed by atoms with E-state index in [1.54, 1.807) is 17.4 Å². The first-order valence-electron chi connectivity index (χ1n) is 7.02. The summed E-state index contributed by atoms with van der Waals surface area (Å²) in [6.45, 7) is 7.55. The second-order valence-corrected chi connectivity index (χ2v) is 6.24. The Bertz CT molecular complexity index is 426. The van der Waals surface area contributed by atoms with E-state index >= 15 is 0 Å². The predicted octanol–water partition coefficient (Wildman–Crippen LogP) is 1.56. The number of likely N-dealkylation sites (N-methyl/N-ethyl adjacent to an activating group) is 1. The van der Waals surface area contributed by atoms with Crippen LogP contribution in [0.25, 0.3) is 0 Å². The molecule has 0 aliphatic carbocycles. The fourth-order valence-electron chi connectivity index (χ4n) is 2.46. The molecule has 1 saturated heterocycles. The van der Waals surface area contributed by atoms with Gasteiger partial charge in [-0.3, -0.25) is 9.69 Å². The largest absolute Gasteiger partial charge is 0.333 e. The van der Waals surface area contributed by atoms with E-state index in [1.807, 2.05) is 23.4 Å². The molecule has 1 atom stereocenters. The Labute approximate surface area is 125 Å². The van der Waals surface area contributed by atoms with Crippen LogP contribution in [-0.2, 0) is 11.3 Å². The normalized spacial score (nSPS) is 18.4. The molecule has 1 N–H and O–H groups in total. The van der Waals surface area contributed by atoms with Gasteiger partial charge in [-0.1, -0.05) is 12.1 Å². The molecule has 1 fully saturated rings. The van der Waals surface area contributed by atoms with Gasteiger partial charge in [0.15, 0.2) is 0 Å². The SMILES string of the molecule is C=CCN(Cc1cccs1)C(=O)CN(C)C1CCNC1. The minimum atomic E-state index is 0.174. The summed E-state index contributed by atoms with van der Waals surface area (Å²) in [5.41, 5.74) is 0. The highest BCUT2D eigenvalue weighted by atomic mass is 32.1. The lowest BCUT2D eigenvalue weighted by Gasteiger charge is -2.27. The van der Waals surface area contributed by atoms with Crippen LogP contribution in [0.1, 0.15) is 11.3 Å². The third kappa shape index (κ3) is 4.16. The first kappa shape index (κ1) is 15.2. The van der Waals surface area contributed by atoms with Crippen molar-refractivity contribution in [2.24, 2.45) is 0 Å². The Morgan fingerprint density at radius 1 is 1.65 bits per heavy atom. The molecule has 2 heterocycles. The van der Waals surface area contributed by atoms with Gasteiger partial charge in [0, 0.05) is 24.0 Å². The van der Waals surface area contributed by atoms with E-state index in [0.29, 0.717) is 25.7 Å². The molecule has 1 aliphatic rings. The van der Waals surface area contributed by atoms with E-state index in [-0.39, 0.29) is 5.91 Å². The van der Waals surface area contributed by atoms with Crippen LogP contribution in [0.3, 0.4) is 0 Å². The summed E-state index contributed by atoms with van der Waals surface area (Å²) in [4.78, 5) is 17.7. The van der Waals surface area contributed by atoms with Gasteiger partial charge in [0.05, 0.1) is 13.1 Å². The van der Waals surface area contributed by atoms with Gasteiger partial charge in [0.25, 0.3) is 0 Å². The number of thiophene rings is 1. The highest BCUT2D eigenvalue weighted by Gasteiger charge is 2.23.